The number of hydrazone groups is 1. The lowest BCUT2D eigenvalue weighted by atomic mass is 10.2. The second kappa shape index (κ2) is 6.25. The first kappa shape index (κ1) is 14.1. The van der Waals surface area contributed by atoms with Crippen molar-refractivity contribution in [2.75, 3.05) is 7.11 Å². The van der Waals surface area contributed by atoms with Crippen LogP contribution < -0.4 is 10.2 Å². The number of benzene rings is 1. The molecular formula is C14H13ClN2O3. The lowest BCUT2D eigenvalue weighted by Crippen LogP contribution is -2.17. The molecular weight excluding hydrogens is 280 g/mol. The van der Waals surface area contributed by atoms with E-state index in [-0.39, 0.29) is 5.91 Å². The third-order valence-corrected chi connectivity index (χ3v) is 2.95. The van der Waals surface area contributed by atoms with E-state index in [1.807, 2.05) is 0 Å². The average Bonchev–Trinajstić information content (AvgIpc) is 2.85. The smallest absolute Gasteiger partial charge is 0.274 e. The summed E-state index contributed by atoms with van der Waals surface area (Å²) in [6, 6.07) is 6.79. The Morgan fingerprint density at radius 2 is 2.25 bits per heavy atom. The van der Waals surface area contributed by atoms with Gasteiger partial charge in [0, 0.05) is 0 Å². The number of furan rings is 1. The minimum absolute atomic E-state index is 0.327. The number of carbonyl (C=O) groups excluding carboxylic acids is 1. The molecule has 0 spiro atoms. The fraction of sp³-hybridized carbons (Fsp3) is 0.143. The predicted molar refractivity (Wildman–Crippen MR) is 76.5 cm³/mol. The van der Waals surface area contributed by atoms with Gasteiger partial charge in [0.25, 0.3) is 5.91 Å². The molecule has 1 aromatic carbocycles. The van der Waals surface area contributed by atoms with Crippen LogP contribution in [-0.2, 0) is 0 Å². The summed E-state index contributed by atoms with van der Waals surface area (Å²) in [5.41, 5.74) is 3.62. The van der Waals surface area contributed by atoms with Crippen molar-refractivity contribution >= 4 is 23.7 Å². The highest BCUT2D eigenvalue weighted by molar-refractivity contribution is 6.32. The molecule has 1 N–H and O–H groups in total. The quantitative estimate of drug-likeness (QED) is 0.696. The van der Waals surface area contributed by atoms with Gasteiger partial charge in [-0.1, -0.05) is 11.6 Å². The summed E-state index contributed by atoms with van der Waals surface area (Å²) >= 11 is 5.99. The Bertz CT molecular complexity index is 650. The van der Waals surface area contributed by atoms with Gasteiger partial charge in [0.05, 0.1) is 30.2 Å². The number of carbonyl (C=O) groups is 1. The highest BCUT2D eigenvalue weighted by Gasteiger charge is 2.09. The summed E-state index contributed by atoms with van der Waals surface area (Å²) in [4.78, 5) is 11.8. The number of nitrogens with one attached hydrogen (secondary N) is 1. The van der Waals surface area contributed by atoms with Crippen LogP contribution in [0.4, 0.5) is 0 Å². The van der Waals surface area contributed by atoms with E-state index < -0.39 is 0 Å². The third kappa shape index (κ3) is 3.19. The van der Waals surface area contributed by atoms with Gasteiger partial charge in [-0.25, -0.2) is 5.43 Å². The minimum atomic E-state index is -0.327. The van der Waals surface area contributed by atoms with Crippen LogP contribution in [0.3, 0.4) is 0 Å². The summed E-state index contributed by atoms with van der Waals surface area (Å²) in [6.45, 7) is 1.71. The largest absolute Gasteiger partial charge is 0.495 e. The van der Waals surface area contributed by atoms with Crippen LogP contribution in [0.25, 0.3) is 0 Å². The summed E-state index contributed by atoms with van der Waals surface area (Å²) < 4.78 is 10.1. The summed E-state index contributed by atoms with van der Waals surface area (Å²) in [5.74, 6) is 0.805. The average molecular weight is 293 g/mol. The molecule has 1 heterocycles. The van der Waals surface area contributed by atoms with Crippen molar-refractivity contribution in [3.63, 3.8) is 0 Å². The van der Waals surface area contributed by atoms with Crippen molar-refractivity contribution in [2.45, 2.75) is 6.92 Å². The van der Waals surface area contributed by atoms with Crippen molar-refractivity contribution in [1.29, 1.82) is 0 Å². The number of rotatable bonds is 4. The molecule has 6 heteroatoms. The maximum Gasteiger partial charge on any atom is 0.274 e. The van der Waals surface area contributed by atoms with Gasteiger partial charge in [-0.15, -0.1) is 0 Å². The molecule has 1 amide bonds. The van der Waals surface area contributed by atoms with Gasteiger partial charge in [-0.2, -0.15) is 5.10 Å². The normalized spacial score (nSPS) is 10.8. The Kier molecular flexibility index (Phi) is 4.42. The van der Waals surface area contributed by atoms with Gasteiger partial charge in [0.2, 0.25) is 0 Å². The van der Waals surface area contributed by atoms with Crippen molar-refractivity contribution in [1.82, 2.24) is 5.43 Å². The second-order valence-corrected chi connectivity index (χ2v) is 4.39. The van der Waals surface area contributed by atoms with E-state index >= 15 is 0 Å². The molecule has 5 nitrogen and oxygen atoms in total. The zero-order chi connectivity index (χ0) is 14.5. The maximum atomic E-state index is 11.8. The molecule has 0 fully saturated rings. The number of methoxy groups -OCH3 is 1. The monoisotopic (exact) mass is 292 g/mol. The van der Waals surface area contributed by atoms with Crippen molar-refractivity contribution in [3.05, 3.63) is 52.4 Å². The predicted octanol–water partition coefficient (Wildman–Crippen LogP) is 3.01. The van der Waals surface area contributed by atoms with E-state index in [0.717, 1.165) is 5.56 Å². The SMILES string of the molecule is COc1ccc(C=NNC(=O)c2ccoc2C)cc1Cl. The Hall–Kier alpha value is -2.27. The lowest BCUT2D eigenvalue weighted by molar-refractivity contribution is 0.0953. The van der Waals surface area contributed by atoms with Gasteiger partial charge in [-0.05, 0) is 36.8 Å². The number of ether oxygens (including phenoxy) is 1. The van der Waals surface area contributed by atoms with Crippen LogP contribution >= 0.6 is 11.6 Å². The Morgan fingerprint density at radius 1 is 1.45 bits per heavy atom. The number of nitrogens with zero attached hydrogens (tertiary/aromatic N) is 1. The van der Waals surface area contributed by atoms with Crippen LogP contribution in [0.1, 0.15) is 21.7 Å². The highest BCUT2D eigenvalue weighted by atomic mass is 35.5. The third-order valence-electron chi connectivity index (χ3n) is 2.66. The molecule has 1 aromatic heterocycles. The molecule has 0 bridgehead atoms. The molecule has 20 heavy (non-hydrogen) atoms. The number of aryl methyl sites for hydroxylation is 1. The van der Waals surface area contributed by atoms with E-state index in [2.05, 4.69) is 10.5 Å². The van der Waals surface area contributed by atoms with Gasteiger partial charge >= 0.3 is 0 Å². The second-order valence-electron chi connectivity index (χ2n) is 3.98. The Labute approximate surface area is 121 Å². The van der Waals surface area contributed by atoms with E-state index in [1.165, 1.54) is 12.5 Å². The van der Waals surface area contributed by atoms with Crippen molar-refractivity contribution < 1.29 is 13.9 Å². The van der Waals surface area contributed by atoms with Crippen LogP contribution in [0.5, 0.6) is 5.75 Å². The molecule has 0 aliphatic rings. The maximum absolute atomic E-state index is 11.8. The number of hydrogen-bond acceptors (Lipinski definition) is 4. The van der Waals surface area contributed by atoms with E-state index in [1.54, 1.807) is 38.3 Å². The molecule has 2 aromatic rings. The standard InChI is InChI=1S/C14H13ClN2O3/c1-9-11(5-6-20-9)14(18)17-16-8-10-3-4-13(19-2)12(15)7-10/h3-8H,1-2H3,(H,17,18). The van der Waals surface area contributed by atoms with E-state index in [9.17, 15) is 4.79 Å². The summed E-state index contributed by atoms with van der Waals surface area (Å²) in [7, 11) is 1.54. The number of halogens is 1. The first-order valence-electron chi connectivity index (χ1n) is 5.83. The first-order valence-corrected chi connectivity index (χ1v) is 6.20. The zero-order valence-corrected chi connectivity index (χ0v) is 11.8. The summed E-state index contributed by atoms with van der Waals surface area (Å²) in [6.07, 6.45) is 2.95. The number of amides is 1. The van der Waals surface area contributed by atoms with Gasteiger partial charge in [-0.3, -0.25) is 4.79 Å². The van der Waals surface area contributed by atoms with Crippen LogP contribution in [-0.4, -0.2) is 19.2 Å². The lowest BCUT2D eigenvalue weighted by Gasteiger charge is -2.02. The van der Waals surface area contributed by atoms with Gasteiger partial charge in [0.1, 0.15) is 11.5 Å². The van der Waals surface area contributed by atoms with E-state index in [4.69, 9.17) is 20.8 Å². The zero-order valence-electron chi connectivity index (χ0n) is 11.0. The molecule has 0 aliphatic heterocycles. The molecule has 0 atom stereocenters. The van der Waals surface area contributed by atoms with E-state index in [0.29, 0.717) is 22.1 Å². The molecule has 0 unspecified atom stereocenters. The highest BCUT2D eigenvalue weighted by Crippen LogP contribution is 2.24. The van der Waals surface area contributed by atoms with Crippen LogP contribution in [0.2, 0.25) is 5.02 Å². The Morgan fingerprint density at radius 3 is 2.85 bits per heavy atom. The van der Waals surface area contributed by atoms with Gasteiger partial charge in [0.15, 0.2) is 0 Å². The molecule has 0 radical (unpaired) electrons. The molecule has 2 rings (SSSR count). The van der Waals surface area contributed by atoms with Crippen molar-refractivity contribution in [2.24, 2.45) is 5.10 Å². The topological polar surface area (TPSA) is 63.8 Å². The molecule has 0 aliphatic carbocycles. The van der Waals surface area contributed by atoms with Gasteiger partial charge < -0.3 is 9.15 Å². The number of hydrogen-bond donors (Lipinski definition) is 1. The van der Waals surface area contributed by atoms with Crippen molar-refractivity contribution in [3.8, 4) is 5.75 Å². The van der Waals surface area contributed by atoms with Crippen LogP contribution in [0, 0.1) is 6.92 Å². The summed E-state index contributed by atoms with van der Waals surface area (Å²) in [5, 5.41) is 4.35. The fourth-order valence-electron chi connectivity index (χ4n) is 1.61. The Balaban J connectivity index is 2.02. The first-order chi connectivity index (χ1) is 9.61. The molecule has 104 valence electrons. The molecule has 0 saturated heterocycles. The minimum Gasteiger partial charge on any atom is -0.495 e. The van der Waals surface area contributed by atoms with Crippen LogP contribution in [0.15, 0.2) is 40.0 Å². The fourth-order valence-corrected chi connectivity index (χ4v) is 1.88. The molecule has 0 saturated carbocycles.